The van der Waals surface area contributed by atoms with Gasteiger partial charge in [-0.2, -0.15) is 0 Å². The first kappa shape index (κ1) is 18.2. The molecule has 27 heavy (non-hydrogen) atoms. The summed E-state index contributed by atoms with van der Waals surface area (Å²) < 4.78 is 5.66. The summed E-state index contributed by atoms with van der Waals surface area (Å²) in [5.74, 6) is 0.315. The lowest BCUT2D eigenvalue weighted by molar-refractivity contribution is -0.122. The van der Waals surface area contributed by atoms with Gasteiger partial charge in [0.05, 0.1) is 0 Å². The van der Waals surface area contributed by atoms with Gasteiger partial charge < -0.3 is 9.64 Å². The van der Waals surface area contributed by atoms with Crippen molar-refractivity contribution in [2.75, 3.05) is 24.7 Å². The maximum absolute atomic E-state index is 13.1. The van der Waals surface area contributed by atoms with Crippen molar-refractivity contribution >= 4 is 11.6 Å². The van der Waals surface area contributed by atoms with Gasteiger partial charge in [0.25, 0.3) is 0 Å². The number of anilines is 1. The van der Waals surface area contributed by atoms with Crippen LogP contribution in [0.1, 0.15) is 44.2 Å². The molecule has 2 aromatic rings. The molecule has 0 bridgehead atoms. The molecule has 142 valence electrons. The molecule has 1 amide bonds. The van der Waals surface area contributed by atoms with E-state index in [1.165, 1.54) is 22.3 Å². The number of amides is 1. The molecule has 2 aliphatic rings. The molecule has 3 heteroatoms. The van der Waals surface area contributed by atoms with Crippen LogP contribution in [0.25, 0.3) is 11.1 Å². The highest BCUT2D eigenvalue weighted by Crippen LogP contribution is 2.48. The lowest BCUT2D eigenvalue weighted by Crippen LogP contribution is -2.42. The Morgan fingerprint density at radius 3 is 2.59 bits per heavy atom. The molecule has 0 aromatic heterocycles. The Balaban J connectivity index is 1.80. The molecule has 1 atom stereocenters. The van der Waals surface area contributed by atoms with Crippen LogP contribution in [0.4, 0.5) is 5.69 Å². The summed E-state index contributed by atoms with van der Waals surface area (Å²) >= 11 is 0. The van der Waals surface area contributed by atoms with Crippen molar-refractivity contribution in [3.05, 3.63) is 53.6 Å². The van der Waals surface area contributed by atoms with Crippen LogP contribution < -0.4 is 4.90 Å². The number of ether oxygens (including phenoxy) is 1. The number of rotatable bonds is 3. The number of benzene rings is 2. The molecule has 0 saturated carbocycles. The molecular formula is C24H29NO2. The van der Waals surface area contributed by atoms with Gasteiger partial charge in [-0.1, -0.05) is 49.7 Å². The van der Waals surface area contributed by atoms with Crippen LogP contribution in [0.2, 0.25) is 0 Å². The molecule has 0 N–H and O–H groups in total. The van der Waals surface area contributed by atoms with Gasteiger partial charge in [0, 0.05) is 36.8 Å². The quantitative estimate of drug-likeness (QED) is 0.759. The molecule has 2 aliphatic heterocycles. The highest BCUT2D eigenvalue weighted by molar-refractivity contribution is 5.98. The van der Waals surface area contributed by atoms with Gasteiger partial charge in [-0.15, -0.1) is 0 Å². The van der Waals surface area contributed by atoms with E-state index in [0.717, 1.165) is 44.7 Å². The summed E-state index contributed by atoms with van der Waals surface area (Å²) in [6.45, 7) is 8.61. The first-order valence-electron chi connectivity index (χ1n) is 10.1. The second-order valence-electron chi connectivity index (χ2n) is 8.23. The summed E-state index contributed by atoms with van der Waals surface area (Å²) in [5, 5.41) is 0. The molecule has 2 aromatic carbocycles. The lowest BCUT2D eigenvalue weighted by atomic mass is 9.75. The Labute approximate surface area is 162 Å². The van der Waals surface area contributed by atoms with Crippen LogP contribution in [0.5, 0.6) is 0 Å². The summed E-state index contributed by atoms with van der Waals surface area (Å²) in [4.78, 5) is 15.1. The van der Waals surface area contributed by atoms with Gasteiger partial charge in [-0.25, -0.2) is 0 Å². The molecule has 0 aliphatic carbocycles. The third-order valence-corrected chi connectivity index (χ3v) is 6.42. The zero-order valence-corrected chi connectivity index (χ0v) is 16.6. The second-order valence-corrected chi connectivity index (χ2v) is 8.23. The summed E-state index contributed by atoms with van der Waals surface area (Å²) in [6, 6.07) is 15.3. The maximum atomic E-state index is 13.1. The van der Waals surface area contributed by atoms with Gasteiger partial charge in [0.2, 0.25) is 5.91 Å². The fourth-order valence-electron chi connectivity index (χ4n) is 4.50. The topological polar surface area (TPSA) is 29.5 Å². The third kappa shape index (κ3) is 3.19. The molecular weight excluding hydrogens is 334 g/mol. The van der Waals surface area contributed by atoms with Crippen molar-refractivity contribution in [3.63, 3.8) is 0 Å². The molecule has 2 heterocycles. The van der Waals surface area contributed by atoms with Crippen molar-refractivity contribution in [2.24, 2.45) is 5.92 Å². The van der Waals surface area contributed by atoms with Crippen LogP contribution in [0, 0.1) is 12.8 Å². The van der Waals surface area contributed by atoms with Gasteiger partial charge in [-0.05, 0) is 55.0 Å². The number of nitrogens with zero attached hydrogens (tertiary/aromatic N) is 1. The summed E-state index contributed by atoms with van der Waals surface area (Å²) in [6.07, 6.45) is 2.85. The van der Waals surface area contributed by atoms with Gasteiger partial charge in [0.1, 0.15) is 0 Å². The number of hydrogen-bond donors (Lipinski definition) is 0. The number of fused-ring (bicyclic) bond motifs is 2. The van der Waals surface area contributed by atoms with E-state index in [1.54, 1.807) is 0 Å². The Bertz CT molecular complexity index is 851. The van der Waals surface area contributed by atoms with E-state index in [2.05, 4.69) is 61.2 Å². The Hall–Kier alpha value is -2.13. The zero-order valence-electron chi connectivity index (χ0n) is 16.6. The molecule has 1 unspecified atom stereocenters. The standard InChI is InChI=1S/C24H29NO2/c1-4-18(3)23(26)25-16-24(10-12-27-13-11-24)21-15-20(8-9-22(21)25)19-7-5-6-17(2)14-19/h5-9,14-15,18H,4,10-13,16H2,1-3H3. The van der Waals surface area contributed by atoms with Crippen molar-refractivity contribution in [1.29, 1.82) is 0 Å². The first-order chi connectivity index (χ1) is 13.0. The van der Waals surface area contributed by atoms with E-state index in [9.17, 15) is 4.79 Å². The monoisotopic (exact) mass is 363 g/mol. The van der Waals surface area contributed by atoms with E-state index in [-0.39, 0.29) is 17.2 Å². The molecule has 3 nitrogen and oxygen atoms in total. The van der Waals surface area contributed by atoms with Crippen molar-refractivity contribution in [2.45, 2.75) is 45.4 Å². The number of carbonyl (C=O) groups excluding carboxylic acids is 1. The molecule has 0 radical (unpaired) electrons. The average molecular weight is 364 g/mol. The van der Waals surface area contributed by atoms with Crippen LogP contribution >= 0.6 is 0 Å². The minimum absolute atomic E-state index is 0.0382. The van der Waals surface area contributed by atoms with E-state index in [0.29, 0.717) is 0 Å². The molecule has 1 saturated heterocycles. The number of aryl methyl sites for hydroxylation is 1. The predicted molar refractivity (Wildman–Crippen MR) is 110 cm³/mol. The summed E-state index contributed by atoms with van der Waals surface area (Å²) in [5.41, 5.74) is 6.23. The molecule has 4 rings (SSSR count). The minimum Gasteiger partial charge on any atom is -0.381 e. The second kappa shape index (κ2) is 7.12. The van der Waals surface area contributed by atoms with Gasteiger partial charge in [0.15, 0.2) is 0 Å². The normalized spacial score (nSPS) is 19.1. The van der Waals surface area contributed by atoms with E-state index in [1.807, 2.05) is 6.92 Å². The van der Waals surface area contributed by atoms with Crippen LogP contribution in [0.15, 0.2) is 42.5 Å². The van der Waals surface area contributed by atoms with E-state index < -0.39 is 0 Å². The Morgan fingerprint density at radius 2 is 1.89 bits per heavy atom. The highest BCUT2D eigenvalue weighted by atomic mass is 16.5. The van der Waals surface area contributed by atoms with Crippen molar-refractivity contribution in [1.82, 2.24) is 0 Å². The Morgan fingerprint density at radius 1 is 1.15 bits per heavy atom. The van der Waals surface area contributed by atoms with E-state index >= 15 is 0 Å². The predicted octanol–water partition coefficient (Wildman–Crippen LogP) is 5.10. The third-order valence-electron chi connectivity index (χ3n) is 6.42. The number of hydrogen-bond acceptors (Lipinski definition) is 2. The zero-order chi connectivity index (χ0) is 19.0. The molecule has 1 spiro atoms. The van der Waals surface area contributed by atoms with Crippen molar-refractivity contribution in [3.8, 4) is 11.1 Å². The molecule has 1 fully saturated rings. The fraction of sp³-hybridized carbons (Fsp3) is 0.458. The fourth-order valence-corrected chi connectivity index (χ4v) is 4.50. The van der Waals surface area contributed by atoms with Crippen molar-refractivity contribution < 1.29 is 9.53 Å². The highest BCUT2D eigenvalue weighted by Gasteiger charge is 2.46. The van der Waals surface area contributed by atoms with Gasteiger partial charge >= 0.3 is 0 Å². The lowest BCUT2D eigenvalue weighted by Gasteiger charge is -2.34. The van der Waals surface area contributed by atoms with E-state index in [4.69, 9.17) is 4.74 Å². The van der Waals surface area contributed by atoms with Gasteiger partial charge in [-0.3, -0.25) is 4.79 Å². The SMILES string of the molecule is CCC(C)C(=O)N1CC2(CCOCC2)c2cc(-c3cccc(C)c3)ccc21. The van der Waals surface area contributed by atoms with Crippen LogP contribution in [-0.4, -0.2) is 25.7 Å². The van der Waals surface area contributed by atoms with Crippen LogP contribution in [-0.2, 0) is 14.9 Å². The maximum Gasteiger partial charge on any atom is 0.229 e. The first-order valence-corrected chi connectivity index (χ1v) is 10.1. The average Bonchev–Trinajstić information content (AvgIpc) is 3.00. The largest absolute Gasteiger partial charge is 0.381 e. The van der Waals surface area contributed by atoms with Crippen LogP contribution in [0.3, 0.4) is 0 Å². The smallest absolute Gasteiger partial charge is 0.229 e. The number of carbonyl (C=O) groups is 1. The minimum atomic E-state index is 0.0382. The Kier molecular flexibility index (Phi) is 4.81. The summed E-state index contributed by atoms with van der Waals surface area (Å²) in [7, 11) is 0.